The molecule has 0 heterocycles. The highest BCUT2D eigenvalue weighted by Crippen LogP contribution is 2.01. The van der Waals surface area contributed by atoms with E-state index in [9.17, 15) is 8.76 Å². The largest absolute Gasteiger partial charge is 0.760 e. The standard InChI is InChI=1S/C8H15NO2S/c1-7(2)5-9(12(10)11)6-8(3)4/h1,3,5-6H2,2,4H3,(H,10,11)/p-1. The first-order chi connectivity index (χ1) is 5.43. The van der Waals surface area contributed by atoms with Gasteiger partial charge in [-0.1, -0.05) is 24.3 Å². The maximum absolute atomic E-state index is 10.6. The molecule has 0 aliphatic rings. The minimum Gasteiger partial charge on any atom is -0.760 e. The Morgan fingerprint density at radius 1 is 1.33 bits per heavy atom. The first kappa shape index (κ1) is 11.6. The van der Waals surface area contributed by atoms with E-state index in [-0.39, 0.29) is 0 Å². The van der Waals surface area contributed by atoms with E-state index in [1.807, 2.05) is 0 Å². The Kier molecular flexibility index (Phi) is 5.04. The summed E-state index contributed by atoms with van der Waals surface area (Å²) in [5, 5.41) is 0. The Morgan fingerprint density at radius 2 is 1.67 bits per heavy atom. The topological polar surface area (TPSA) is 43.4 Å². The third-order valence-electron chi connectivity index (χ3n) is 1.10. The van der Waals surface area contributed by atoms with Crippen molar-refractivity contribution in [3.8, 4) is 0 Å². The molecule has 0 aliphatic carbocycles. The van der Waals surface area contributed by atoms with Gasteiger partial charge in [0.1, 0.15) is 0 Å². The fourth-order valence-electron chi connectivity index (χ4n) is 0.763. The molecule has 0 radical (unpaired) electrons. The highest BCUT2D eigenvalue weighted by atomic mass is 32.2. The van der Waals surface area contributed by atoms with Crippen molar-refractivity contribution in [3.63, 3.8) is 0 Å². The first-order valence-corrected chi connectivity index (χ1v) is 4.59. The van der Waals surface area contributed by atoms with Crippen molar-refractivity contribution in [3.05, 3.63) is 24.3 Å². The molecular weight excluding hydrogens is 174 g/mol. The highest BCUT2D eigenvalue weighted by molar-refractivity contribution is 7.76. The summed E-state index contributed by atoms with van der Waals surface area (Å²) < 4.78 is 22.5. The summed E-state index contributed by atoms with van der Waals surface area (Å²) in [6.45, 7) is 11.6. The monoisotopic (exact) mass is 188 g/mol. The van der Waals surface area contributed by atoms with Crippen LogP contribution in [0.15, 0.2) is 24.3 Å². The van der Waals surface area contributed by atoms with E-state index in [1.165, 1.54) is 4.31 Å². The predicted octanol–water partition coefficient (Wildman–Crippen LogP) is 1.23. The van der Waals surface area contributed by atoms with E-state index in [0.717, 1.165) is 11.1 Å². The van der Waals surface area contributed by atoms with Gasteiger partial charge < -0.3 is 4.55 Å². The molecule has 70 valence electrons. The number of nitrogens with zero attached hydrogens (tertiary/aromatic N) is 1. The van der Waals surface area contributed by atoms with Crippen molar-refractivity contribution >= 4 is 11.3 Å². The molecule has 0 rings (SSSR count). The minimum absolute atomic E-state index is 0.364. The van der Waals surface area contributed by atoms with Gasteiger partial charge in [-0.05, 0) is 13.8 Å². The lowest BCUT2D eigenvalue weighted by atomic mass is 10.3. The average molecular weight is 188 g/mol. The van der Waals surface area contributed by atoms with Gasteiger partial charge in [0.05, 0.1) is 0 Å². The normalized spacial score (nSPS) is 13.0. The molecule has 12 heavy (non-hydrogen) atoms. The second-order valence-electron chi connectivity index (χ2n) is 2.93. The van der Waals surface area contributed by atoms with Crippen LogP contribution in [-0.2, 0) is 11.3 Å². The Balaban J connectivity index is 4.14. The van der Waals surface area contributed by atoms with E-state index in [1.54, 1.807) is 13.8 Å². The summed E-state index contributed by atoms with van der Waals surface area (Å²) in [6, 6.07) is 0. The molecular formula is C8H14NO2S-. The highest BCUT2D eigenvalue weighted by Gasteiger charge is 2.04. The molecule has 4 heteroatoms. The quantitative estimate of drug-likeness (QED) is 0.481. The smallest absolute Gasteiger partial charge is 0.0310 e. The van der Waals surface area contributed by atoms with Crippen LogP contribution < -0.4 is 0 Å². The number of hydrogen-bond acceptors (Lipinski definition) is 2. The van der Waals surface area contributed by atoms with Gasteiger partial charge in [-0.25, -0.2) is 4.31 Å². The minimum atomic E-state index is -2.18. The third kappa shape index (κ3) is 5.23. The maximum Gasteiger partial charge on any atom is 0.0310 e. The van der Waals surface area contributed by atoms with Crippen molar-refractivity contribution in [2.75, 3.05) is 13.1 Å². The molecule has 0 spiro atoms. The summed E-state index contributed by atoms with van der Waals surface area (Å²) >= 11 is -2.18. The van der Waals surface area contributed by atoms with Gasteiger partial charge in [0.2, 0.25) is 0 Å². The lowest BCUT2D eigenvalue weighted by molar-refractivity contribution is 0.426. The zero-order valence-electron chi connectivity index (χ0n) is 7.50. The molecule has 0 saturated carbocycles. The second-order valence-corrected chi connectivity index (χ2v) is 3.88. The third-order valence-corrected chi connectivity index (χ3v) is 1.78. The van der Waals surface area contributed by atoms with Gasteiger partial charge in [0.15, 0.2) is 0 Å². The van der Waals surface area contributed by atoms with Gasteiger partial charge in [-0.15, -0.1) is 0 Å². The molecule has 0 aromatic carbocycles. The Morgan fingerprint density at radius 3 is 1.83 bits per heavy atom. The van der Waals surface area contributed by atoms with E-state index in [0.29, 0.717) is 13.1 Å². The molecule has 0 amide bonds. The predicted molar refractivity (Wildman–Crippen MR) is 50.1 cm³/mol. The molecule has 1 atom stereocenters. The zero-order chi connectivity index (χ0) is 9.72. The van der Waals surface area contributed by atoms with Crippen molar-refractivity contribution in [1.82, 2.24) is 4.31 Å². The van der Waals surface area contributed by atoms with Gasteiger partial charge >= 0.3 is 0 Å². The molecule has 0 aromatic rings. The van der Waals surface area contributed by atoms with Crippen LogP contribution in [0.5, 0.6) is 0 Å². The number of rotatable bonds is 5. The van der Waals surface area contributed by atoms with Crippen molar-refractivity contribution in [2.45, 2.75) is 13.8 Å². The first-order valence-electron chi connectivity index (χ1n) is 3.56. The molecule has 0 saturated heterocycles. The Labute approximate surface area is 76.2 Å². The summed E-state index contributed by atoms with van der Waals surface area (Å²) in [5.74, 6) is 0. The van der Waals surface area contributed by atoms with Crippen LogP contribution in [0.2, 0.25) is 0 Å². The maximum atomic E-state index is 10.6. The Hall–Kier alpha value is -0.450. The number of hydrogen-bond donors (Lipinski definition) is 0. The van der Waals surface area contributed by atoms with Gasteiger partial charge in [-0.3, -0.25) is 4.21 Å². The van der Waals surface area contributed by atoms with E-state index in [4.69, 9.17) is 0 Å². The molecule has 0 aliphatic heterocycles. The van der Waals surface area contributed by atoms with Crippen molar-refractivity contribution in [1.29, 1.82) is 0 Å². The summed E-state index contributed by atoms with van der Waals surface area (Å²) in [6.07, 6.45) is 0. The average Bonchev–Trinajstić information content (AvgIpc) is 1.83. The van der Waals surface area contributed by atoms with Crippen LogP contribution in [0.3, 0.4) is 0 Å². The Bertz CT molecular complexity index is 197. The lowest BCUT2D eigenvalue weighted by Crippen LogP contribution is -2.28. The SMILES string of the molecule is C=C(C)CN(CC(=C)C)S(=O)[O-]. The van der Waals surface area contributed by atoms with Crippen LogP contribution in [0, 0.1) is 0 Å². The van der Waals surface area contributed by atoms with E-state index in [2.05, 4.69) is 13.2 Å². The van der Waals surface area contributed by atoms with E-state index < -0.39 is 11.3 Å². The zero-order valence-corrected chi connectivity index (χ0v) is 8.32. The summed E-state index contributed by atoms with van der Waals surface area (Å²) in [4.78, 5) is 0. The second kappa shape index (κ2) is 5.24. The van der Waals surface area contributed by atoms with Crippen molar-refractivity contribution < 1.29 is 8.76 Å². The van der Waals surface area contributed by atoms with Crippen LogP contribution in [0.4, 0.5) is 0 Å². The molecule has 0 fully saturated rings. The van der Waals surface area contributed by atoms with Crippen molar-refractivity contribution in [2.24, 2.45) is 0 Å². The van der Waals surface area contributed by atoms with Crippen LogP contribution in [0.1, 0.15) is 13.8 Å². The van der Waals surface area contributed by atoms with Gasteiger partial charge in [0.25, 0.3) is 0 Å². The van der Waals surface area contributed by atoms with Gasteiger partial charge in [0, 0.05) is 24.4 Å². The molecule has 0 aromatic heterocycles. The molecule has 0 N–H and O–H groups in total. The molecule has 1 unspecified atom stereocenters. The van der Waals surface area contributed by atoms with E-state index >= 15 is 0 Å². The fourth-order valence-corrected chi connectivity index (χ4v) is 1.42. The van der Waals surface area contributed by atoms with Crippen LogP contribution in [0.25, 0.3) is 0 Å². The van der Waals surface area contributed by atoms with Crippen LogP contribution in [-0.4, -0.2) is 26.2 Å². The lowest BCUT2D eigenvalue weighted by Gasteiger charge is -2.24. The molecule has 0 bridgehead atoms. The fraction of sp³-hybridized carbons (Fsp3) is 0.500. The summed E-state index contributed by atoms with van der Waals surface area (Å²) in [5.41, 5.74) is 1.64. The molecule has 3 nitrogen and oxygen atoms in total. The summed E-state index contributed by atoms with van der Waals surface area (Å²) in [7, 11) is 0. The van der Waals surface area contributed by atoms with Gasteiger partial charge in [-0.2, -0.15) is 0 Å². The van der Waals surface area contributed by atoms with Crippen LogP contribution >= 0.6 is 0 Å².